The SMILES string of the molecule is CCCC1(CCC)NC(C)CS1. The molecule has 0 bridgehead atoms. The highest BCUT2D eigenvalue weighted by atomic mass is 32.2. The maximum Gasteiger partial charge on any atom is 0.0647 e. The monoisotopic (exact) mass is 187 g/mol. The molecular weight excluding hydrogens is 166 g/mol. The predicted molar refractivity (Wildman–Crippen MR) is 57.6 cm³/mol. The number of hydrogen-bond donors (Lipinski definition) is 1. The van der Waals surface area contributed by atoms with E-state index in [-0.39, 0.29) is 0 Å². The van der Waals surface area contributed by atoms with Gasteiger partial charge in [0.15, 0.2) is 0 Å². The Bertz CT molecular complexity index is 124. The number of nitrogens with one attached hydrogen (secondary N) is 1. The number of hydrogen-bond acceptors (Lipinski definition) is 2. The Kier molecular flexibility index (Phi) is 3.91. The minimum absolute atomic E-state index is 0.433. The molecule has 0 aromatic rings. The summed E-state index contributed by atoms with van der Waals surface area (Å²) in [5.74, 6) is 1.29. The van der Waals surface area contributed by atoms with E-state index in [0.717, 1.165) is 0 Å². The molecule has 0 spiro atoms. The highest BCUT2D eigenvalue weighted by molar-refractivity contribution is 8.00. The number of thioether (sulfide) groups is 1. The van der Waals surface area contributed by atoms with E-state index in [4.69, 9.17) is 0 Å². The van der Waals surface area contributed by atoms with Crippen LogP contribution in [-0.2, 0) is 0 Å². The van der Waals surface area contributed by atoms with Gasteiger partial charge in [-0.3, -0.25) is 5.32 Å². The molecule has 1 aliphatic heterocycles. The molecule has 1 saturated heterocycles. The van der Waals surface area contributed by atoms with Crippen LogP contribution in [0.1, 0.15) is 46.5 Å². The van der Waals surface area contributed by atoms with Gasteiger partial charge in [-0.15, -0.1) is 11.8 Å². The van der Waals surface area contributed by atoms with Crippen LogP contribution >= 0.6 is 11.8 Å². The van der Waals surface area contributed by atoms with Crippen molar-refractivity contribution in [3.8, 4) is 0 Å². The molecule has 1 nitrogen and oxygen atoms in total. The van der Waals surface area contributed by atoms with Crippen molar-refractivity contribution < 1.29 is 0 Å². The summed E-state index contributed by atoms with van der Waals surface area (Å²) in [7, 11) is 0. The molecule has 12 heavy (non-hydrogen) atoms. The molecule has 0 aromatic heterocycles. The molecule has 0 amide bonds. The molecule has 1 rings (SSSR count). The largest absolute Gasteiger partial charge is 0.299 e. The van der Waals surface area contributed by atoms with Gasteiger partial charge in [-0.25, -0.2) is 0 Å². The second-order valence-electron chi connectivity index (χ2n) is 3.85. The summed E-state index contributed by atoms with van der Waals surface area (Å²) < 4.78 is 0. The first-order valence-corrected chi connectivity index (χ1v) is 6.12. The second-order valence-corrected chi connectivity index (χ2v) is 5.25. The Balaban J connectivity index is 2.48. The molecule has 2 heteroatoms. The Morgan fingerprint density at radius 2 is 1.92 bits per heavy atom. The quantitative estimate of drug-likeness (QED) is 0.726. The van der Waals surface area contributed by atoms with E-state index in [1.165, 1.54) is 31.4 Å². The van der Waals surface area contributed by atoms with Gasteiger partial charge in [0.05, 0.1) is 4.87 Å². The summed E-state index contributed by atoms with van der Waals surface area (Å²) in [5.41, 5.74) is 0. The molecule has 1 N–H and O–H groups in total. The highest BCUT2D eigenvalue weighted by Gasteiger charge is 2.35. The topological polar surface area (TPSA) is 12.0 Å². The van der Waals surface area contributed by atoms with Crippen molar-refractivity contribution in [2.75, 3.05) is 5.75 Å². The average Bonchev–Trinajstić information content (AvgIpc) is 2.34. The van der Waals surface area contributed by atoms with Gasteiger partial charge in [0.25, 0.3) is 0 Å². The van der Waals surface area contributed by atoms with Crippen molar-refractivity contribution in [3.05, 3.63) is 0 Å². The molecule has 1 aliphatic rings. The van der Waals surface area contributed by atoms with Crippen LogP contribution in [-0.4, -0.2) is 16.7 Å². The molecule has 0 saturated carbocycles. The summed E-state index contributed by atoms with van der Waals surface area (Å²) in [6.07, 6.45) is 5.26. The van der Waals surface area contributed by atoms with Crippen LogP contribution in [0.2, 0.25) is 0 Å². The first-order chi connectivity index (χ1) is 5.72. The Morgan fingerprint density at radius 1 is 1.33 bits per heavy atom. The number of rotatable bonds is 4. The predicted octanol–water partition coefficient (Wildman–Crippen LogP) is 3.01. The Labute approximate surface area is 80.7 Å². The third kappa shape index (κ3) is 2.40. The normalized spacial score (nSPS) is 27.8. The van der Waals surface area contributed by atoms with Crippen molar-refractivity contribution in [2.24, 2.45) is 0 Å². The molecule has 1 unspecified atom stereocenters. The maximum absolute atomic E-state index is 3.73. The molecule has 0 aromatic carbocycles. The first-order valence-electron chi connectivity index (χ1n) is 5.14. The molecular formula is C10H21NS. The fourth-order valence-electron chi connectivity index (χ4n) is 2.04. The van der Waals surface area contributed by atoms with E-state index in [2.05, 4.69) is 37.8 Å². The summed E-state index contributed by atoms with van der Waals surface area (Å²) in [6.45, 7) is 6.85. The zero-order chi connectivity index (χ0) is 9.03. The van der Waals surface area contributed by atoms with E-state index < -0.39 is 0 Å². The first kappa shape index (κ1) is 10.4. The minimum Gasteiger partial charge on any atom is -0.299 e. The molecule has 72 valence electrons. The fraction of sp³-hybridized carbons (Fsp3) is 1.00. The second kappa shape index (κ2) is 4.52. The third-order valence-electron chi connectivity index (χ3n) is 2.43. The fourth-order valence-corrected chi connectivity index (χ4v) is 3.67. The molecule has 0 radical (unpaired) electrons. The van der Waals surface area contributed by atoms with E-state index >= 15 is 0 Å². The maximum atomic E-state index is 3.73. The van der Waals surface area contributed by atoms with E-state index in [1.54, 1.807) is 0 Å². The lowest BCUT2D eigenvalue weighted by Crippen LogP contribution is -2.40. The Hall–Kier alpha value is 0.310. The van der Waals surface area contributed by atoms with Crippen molar-refractivity contribution in [2.45, 2.75) is 57.4 Å². The van der Waals surface area contributed by atoms with Gasteiger partial charge in [0, 0.05) is 11.8 Å². The standard InChI is InChI=1S/C10H21NS/c1-4-6-10(7-5-2)11-9(3)8-12-10/h9,11H,4-8H2,1-3H3. The van der Waals surface area contributed by atoms with Crippen LogP contribution in [0.15, 0.2) is 0 Å². The van der Waals surface area contributed by atoms with Crippen LogP contribution in [0.5, 0.6) is 0 Å². The summed E-state index contributed by atoms with van der Waals surface area (Å²) in [4.78, 5) is 0.433. The van der Waals surface area contributed by atoms with Crippen molar-refractivity contribution in [1.82, 2.24) is 5.32 Å². The van der Waals surface area contributed by atoms with E-state index in [0.29, 0.717) is 10.9 Å². The van der Waals surface area contributed by atoms with Gasteiger partial charge in [-0.05, 0) is 19.8 Å². The van der Waals surface area contributed by atoms with Crippen molar-refractivity contribution >= 4 is 11.8 Å². The molecule has 1 heterocycles. The zero-order valence-electron chi connectivity index (χ0n) is 8.52. The van der Waals surface area contributed by atoms with Crippen molar-refractivity contribution in [1.29, 1.82) is 0 Å². The Morgan fingerprint density at radius 3 is 2.25 bits per heavy atom. The van der Waals surface area contributed by atoms with Gasteiger partial charge in [0.2, 0.25) is 0 Å². The van der Waals surface area contributed by atoms with Gasteiger partial charge in [-0.2, -0.15) is 0 Å². The van der Waals surface area contributed by atoms with Gasteiger partial charge >= 0.3 is 0 Å². The van der Waals surface area contributed by atoms with E-state index in [9.17, 15) is 0 Å². The van der Waals surface area contributed by atoms with Crippen LogP contribution in [0, 0.1) is 0 Å². The van der Waals surface area contributed by atoms with Gasteiger partial charge in [0.1, 0.15) is 0 Å². The highest BCUT2D eigenvalue weighted by Crippen LogP contribution is 2.37. The summed E-state index contributed by atoms with van der Waals surface area (Å²) in [6, 6.07) is 0.716. The summed E-state index contributed by atoms with van der Waals surface area (Å²) >= 11 is 2.14. The lowest BCUT2D eigenvalue weighted by atomic mass is 10.1. The van der Waals surface area contributed by atoms with Gasteiger partial charge < -0.3 is 0 Å². The zero-order valence-corrected chi connectivity index (χ0v) is 9.34. The van der Waals surface area contributed by atoms with Crippen LogP contribution in [0.4, 0.5) is 0 Å². The molecule has 1 fully saturated rings. The minimum atomic E-state index is 0.433. The summed E-state index contributed by atoms with van der Waals surface area (Å²) in [5, 5.41) is 3.73. The van der Waals surface area contributed by atoms with Crippen LogP contribution in [0.3, 0.4) is 0 Å². The molecule has 1 atom stereocenters. The molecule has 0 aliphatic carbocycles. The smallest absolute Gasteiger partial charge is 0.0647 e. The van der Waals surface area contributed by atoms with Crippen LogP contribution in [0.25, 0.3) is 0 Å². The van der Waals surface area contributed by atoms with Crippen molar-refractivity contribution in [3.63, 3.8) is 0 Å². The lowest BCUT2D eigenvalue weighted by molar-refractivity contribution is 0.395. The third-order valence-corrected chi connectivity index (χ3v) is 4.17. The van der Waals surface area contributed by atoms with E-state index in [1.807, 2.05) is 0 Å². The van der Waals surface area contributed by atoms with Crippen LogP contribution < -0.4 is 5.32 Å². The average molecular weight is 187 g/mol. The lowest BCUT2D eigenvalue weighted by Gasteiger charge is -2.28. The van der Waals surface area contributed by atoms with Gasteiger partial charge in [-0.1, -0.05) is 26.7 Å².